The van der Waals surface area contributed by atoms with Crippen LogP contribution in [0.3, 0.4) is 0 Å². The van der Waals surface area contributed by atoms with Crippen LogP contribution in [0.2, 0.25) is 0 Å². The van der Waals surface area contributed by atoms with Crippen LogP contribution >= 0.6 is 0 Å². The van der Waals surface area contributed by atoms with E-state index in [1.54, 1.807) is 0 Å². The van der Waals surface area contributed by atoms with Crippen LogP contribution in [0.25, 0.3) is 39.1 Å². The van der Waals surface area contributed by atoms with Crippen molar-refractivity contribution in [3.05, 3.63) is 102 Å². The van der Waals surface area contributed by atoms with Crippen LogP contribution < -0.4 is 0 Å². The van der Waals surface area contributed by atoms with Gasteiger partial charge < -0.3 is 4.98 Å². The molecule has 1 aliphatic heterocycles. The van der Waals surface area contributed by atoms with Crippen LogP contribution in [0, 0.1) is 0 Å². The van der Waals surface area contributed by atoms with Crippen molar-refractivity contribution in [3.63, 3.8) is 0 Å². The Labute approximate surface area is 215 Å². The molecule has 0 unspecified atom stereocenters. The van der Waals surface area contributed by atoms with E-state index in [-0.39, 0.29) is 0 Å². The fraction of sp³-hybridized carbons (Fsp3) is 0.200. The van der Waals surface area contributed by atoms with E-state index >= 15 is 0 Å². The number of aromatic nitrogens is 6. The van der Waals surface area contributed by atoms with Gasteiger partial charge in [0.05, 0.1) is 23.1 Å². The Balaban J connectivity index is 1.26. The number of allylic oxidation sites excluding steroid dienone is 3. The molecule has 5 aromatic rings. The van der Waals surface area contributed by atoms with Gasteiger partial charge in [-0.2, -0.15) is 5.10 Å². The van der Waals surface area contributed by atoms with Gasteiger partial charge in [0, 0.05) is 60.0 Å². The van der Waals surface area contributed by atoms with Crippen molar-refractivity contribution in [2.75, 3.05) is 13.1 Å². The Morgan fingerprint density at radius 1 is 0.919 bits per heavy atom. The zero-order valence-corrected chi connectivity index (χ0v) is 20.5. The largest absolute Gasteiger partial charge is 0.356 e. The zero-order valence-electron chi connectivity index (χ0n) is 20.5. The minimum absolute atomic E-state index is 0.838. The summed E-state index contributed by atoms with van der Waals surface area (Å²) in [5.41, 5.74) is 10.6. The number of pyridine rings is 3. The summed E-state index contributed by atoms with van der Waals surface area (Å²) in [5.74, 6) is 0. The van der Waals surface area contributed by atoms with Crippen LogP contribution in [0.4, 0.5) is 0 Å². The van der Waals surface area contributed by atoms with Crippen molar-refractivity contribution in [2.45, 2.75) is 25.8 Å². The molecule has 1 aliphatic carbocycles. The van der Waals surface area contributed by atoms with E-state index in [1.165, 1.54) is 48.3 Å². The maximum Gasteiger partial charge on any atom is 0.116 e. The Morgan fingerprint density at radius 3 is 2.70 bits per heavy atom. The number of hydrogen-bond donors (Lipinski definition) is 2. The molecule has 0 radical (unpaired) electrons. The highest BCUT2D eigenvalue weighted by Gasteiger charge is 2.19. The highest BCUT2D eigenvalue weighted by molar-refractivity contribution is 5.95. The Hall–Kier alpha value is -4.36. The van der Waals surface area contributed by atoms with Crippen LogP contribution in [-0.4, -0.2) is 48.1 Å². The smallest absolute Gasteiger partial charge is 0.116 e. The molecule has 7 rings (SSSR count). The predicted molar refractivity (Wildman–Crippen MR) is 146 cm³/mol. The second-order valence-electron chi connectivity index (χ2n) is 9.78. The minimum Gasteiger partial charge on any atom is -0.356 e. The normalized spacial score (nSPS) is 15.6. The summed E-state index contributed by atoms with van der Waals surface area (Å²) in [4.78, 5) is 19.6. The van der Waals surface area contributed by atoms with Crippen LogP contribution in [0.5, 0.6) is 0 Å². The Morgan fingerprint density at radius 2 is 1.81 bits per heavy atom. The quantitative estimate of drug-likeness (QED) is 0.341. The summed E-state index contributed by atoms with van der Waals surface area (Å²) in [6.07, 6.45) is 19.3. The lowest BCUT2D eigenvalue weighted by Crippen LogP contribution is -2.18. The topological polar surface area (TPSA) is 86.4 Å². The maximum absolute atomic E-state index is 4.73. The summed E-state index contributed by atoms with van der Waals surface area (Å²) in [6.45, 7) is 3.28. The van der Waals surface area contributed by atoms with Crippen molar-refractivity contribution in [3.8, 4) is 22.6 Å². The van der Waals surface area contributed by atoms with Crippen LogP contribution in [-0.2, 0) is 13.0 Å². The molecule has 37 heavy (non-hydrogen) atoms. The van der Waals surface area contributed by atoms with Crippen molar-refractivity contribution < 1.29 is 0 Å². The first-order valence-corrected chi connectivity index (χ1v) is 12.8. The van der Waals surface area contributed by atoms with Crippen molar-refractivity contribution >= 4 is 16.5 Å². The number of nitrogens with zero attached hydrogens (tertiary/aromatic N) is 5. The fourth-order valence-electron chi connectivity index (χ4n) is 5.44. The molecule has 1 saturated heterocycles. The molecule has 7 heteroatoms. The van der Waals surface area contributed by atoms with E-state index in [4.69, 9.17) is 4.98 Å². The fourth-order valence-corrected chi connectivity index (χ4v) is 5.44. The monoisotopic (exact) mass is 485 g/mol. The van der Waals surface area contributed by atoms with E-state index in [0.717, 1.165) is 52.1 Å². The molecule has 0 bridgehead atoms. The first kappa shape index (κ1) is 21.9. The standard InChI is InChI=1S/C30H27N7/c1-2-6-26-24(23(5-1)21-7-9-31-10-8-21)14-28(34-26)30-25-15-27(33-18-29(25)35-36-30)22-13-20(16-32-17-22)19-37-11-3-4-12-37/h1-2,5,7-10,13-18,34H,3-4,6,11-12,19H2,(H,35,36). The second kappa shape index (κ2) is 9.26. The lowest BCUT2D eigenvalue weighted by Gasteiger charge is -2.14. The zero-order chi connectivity index (χ0) is 24.6. The number of rotatable bonds is 5. The van der Waals surface area contributed by atoms with Crippen molar-refractivity contribution in [1.29, 1.82) is 0 Å². The Kier molecular flexibility index (Phi) is 5.48. The number of likely N-dealkylation sites (tertiary alicyclic amines) is 1. The summed E-state index contributed by atoms with van der Waals surface area (Å²) in [6, 6.07) is 10.7. The molecule has 0 amide bonds. The summed E-state index contributed by atoms with van der Waals surface area (Å²) < 4.78 is 0. The molecule has 7 nitrogen and oxygen atoms in total. The summed E-state index contributed by atoms with van der Waals surface area (Å²) in [5, 5.41) is 8.89. The minimum atomic E-state index is 0.838. The molecule has 182 valence electrons. The van der Waals surface area contributed by atoms with Gasteiger partial charge in [-0.05, 0) is 73.0 Å². The third-order valence-corrected chi connectivity index (χ3v) is 7.30. The molecule has 1 fully saturated rings. The molecule has 0 aromatic carbocycles. The second-order valence-corrected chi connectivity index (χ2v) is 9.78. The summed E-state index contributed by atoms with van der Waals surface area (Å²) >= 11 is 0. The van der Waals surface area contributed by atoms with Gasteiger partial charge in [0.1, 0.15) is 5.69 Å². The number of fused-ring (bicyclic) bond motifs is 2. The molecule has 2 aliphatic rings. The van der Waals surface area contributed by atoms with Crippen molar-refractivity contribution in [2.24, 2.45) is 0 Å². The van der Waals surface area contributed by atoms with Gasteiger partial charge in [-0.1, -0.05) is 18.2 Å². The van der Waals surface area contributed by atoms with E-state index in [2.05, 4.69) is 78.6 Å². The molecular formula is C30H27N7. The Bertz CT molecular complexity index is 1640. The van der Waals surface area contributed by atoms with E-state index in [9.17, 15) is 0 Å². The van der Waals surface area contributed by atoms with Gasteiger partial charge in [0.2, 0.25) is 0 Å². The average molecular weight is 486 g/mol. The number of hydrogen-bond acceptors (Lipinski definition) is 5. The van der Waals surface area contributed by atoms with E-state index in [0.29, 0.717) is 0 Å². The van der Waals surface area contributed by atoms with Gasteiger partial charge in [-0.15, -0.1) is 0 Å². The molecule has 0 atom stereocenters. The number of nitrogens with one attached hydrogen (secondary N) is 2. The van der Waals surface area contributed by atoms with Crippen LogP contribution in [0.15, 0.2) is 79.5 Å². The maximum atomic E-state index is 4.73. The third kappa shape index (κ3) is 4.17. The first-order valence-electron chi connectivity index (χ1n) is 12.8. The summed E-state index contributed by atoms with van der Waals surface area (Å²) in [7, 11) is 0. The first-order chi connectivity index (χ1) is 18.3. The predicted octanol–water partition coefficient (Wildman–Crippen LogP) is 5.55. The van der Waals surface area contributed by atoms with Gasteiger partial charge in [-0.3, -0.25) is 25.0 Å². The SMILES string of the molecule is C1=CCc2[nH]c(-c3n[nH]c4cnc(-c5cncc(CN6CCCC6)c5)cc34)cc2C(c2ccncc2)=C1. The average Bonchev–Trinajstić information content (AvgIpc) is 3.67. The van der Waals surface area contributed by atoms with Crippen LogP contribution in [0.1, 0.15) is 35.2 Å². The number of H-pyrrole nitrogens is 2. The van der Waals surface area contributed by atoms with E-state index in [1.807, 2.05) is 31.0 Å². The van der Waals surface area contributed by atoms with E-state index < -0.39 is 0 Å². The number of aromatic amines is 2. The van der Waals surface area contributed by atoms with Crippen molar-refractivity contribution in [1.82, 2.24) is 35.0 Å². The molecule has 5 aromatic heterocycles. The lowest BCUT2D eigenvalue weighted by atomic mass is 9.98. The van der Waals surface area contributed by atoms with Gasteiger partial charge in [-0.25, -0.2) is 0 Å². The van der Waals surface area contributed by atoms with Gasteiger partial charge >= 0.3 is 0 Å². The molecular weight excluding hydrogens is 458 g/mol. The molecule has 0 spiro atoms. The third-order valence-electron chi connectivity index (χ3n) is 7.30. The highest BCUT2D eigenvalue weighted by Crippen LogP contribution is 2.35. The van der Waals surface area contributed by atoms with Gasteiger partial charge in [0.15, 0.2) is 0 Å². The van der Waals surface area contributed by atoms with Gasteiger partial charge in [0.25, 0.3) is 0 Å². The lowest BCUT2D eigenvalue weighted by molar-refractivity contribution is 0.331. The highest BCUT2D eigenvalue weighted by atomic mass is 15.1. The molecule has 0 saturated carbocycles. The molecule has 2 N–H and O–H groups in total. The molecule has 6 heterocycles.